The molecule has 0 amide bonds. The first-order chi connectivity index (χ1) is 13.4. The Balaban J connectivity index is 0.000000162. The van der Waals surface area contributed by atoms with Crippen molar-refractivity contribution in [1.82, 2.24) is 15.2 Å². The van der Waals surface area contributed by atoms with E-state index in [1.165, 1.54) is 28.7 Å². The summed E-state index contributed by atoms with van der Waals surface area (Å²) < 4.78 is 5.48. The van der Waals surface area contributed by atoms with Crippen LogP contribution in [0.2, 0.25) is 0 Å². The molecule has 1 aliphatic rings. The smallest absolute Gasteiger partial charge is 0.154 e. The maximum atomic E-state index is 5.48. The molecule has 0 unspecified atom stereocenters. The number of nitrogens with one attached hydrogen (secondary N) is 1. The molecular formula is C22H27N5O. The molecule has 3 N–H and O–H groups in total. The van der Waals surface area contributed by atoms with Gasteiger partial charge in [0.15, 0.2) is 5.82 Å². The second-order valence-electron chi connectivity index (χ2n) is 7.20. The van der Waals surface area contributed by atoms with Crippen LogP contribution in [0, 0.1) is 6.92 Å². The van der Waals surface area contributed by atoms with Gasteiger partial charge < -0.3 is 10.5 Å². The van der Waals surface area contributed by atoms with E-state index in [9.17, 15) is 0 Å². The number of benzene rings is 1. The average molecular weight is 377 g/mol. The van der Waals surface area contributed by atoms with Gasteiger partial charge in [0.1, 0.15) is 0 Å². The molecule has 1 aromatic carbocycles. The second-order valence-corrected chi connectivity index (χ2v) is 7.20. The van der Waals surface area contributed by atoms with Gasteiger partial charge in [-0.1, -0.05) is 18.2 Å². The van der Waals surface area contributed by atoms with E-state index in [0.29, 0.717) is 18.3 Å². The summed E-state index contributed by atoms with van der Waals surface area (Å²) in [5.41, 5.74) is 13.1. The molecule has 6 nitrogen and oxygen atoms in total. The number of hydrogen-bond donors (Lipinski definition) is 2. The van der Waals surface area contributed by atoms with Gasteiger partial charge in [0, 0.05) is 17.5 Å². The molecule has 1 aliphatic carbocycles. The zero-order valence-electron chi connectivity index (χ0n) is 16.9. The summed E-state index contributed by atoms with van der Waals surface area (Å²) in [6.07, 6.45) is 5.00. The second kappa shape index (κ2) is 8.80. The highest BCUT2D eigenvalue weighted by Gasteiger charge is 2.17. The van der Waals surface area contributed by atoms with Gasteiger partial charge in [-0.15, -0.1) is 0 Å². The van der Waals surface area contributed by atoms with Crippen LogP contribution < -0.4 is 5.73 Å². The van der Waals surface area contributed by atoms with E-state index < -0.39 is 0 Å². The molecule has 28 heavy (non-hydrogen) atoms. The fourth-order valence-electron chi connectivity index (χ4n) is 2.76. The number of rotatable bonds is 5. The lowest BCUT2D eigenvalue weighted by Crippen LogP contribution is -2.04. The molecule has 6 heteroatoms. The van der Waals surface area contributed by atoms with Crippen LogP contribution in [0.3, 0.4) is 0 Å². The Labute approximate surface area is 165 Å². The number of aryl methyl sites for hydroxylation is 1. The third kappa shape index (κ3) is 5.50. The van der Waals surface area contributed by atoms with E-state index in [1.54, 1.807) is 13.1 Å². The van der Waals surface area contributed by atoms with Gasteiger partial charge in [-0.3, -0.25) is 5.10 Å². The lowest BCUT2D eigenvalue weighted by atomic mass is 10.1. The molecule has 0 saturated carbocycles. The molecule has 0 atom stereocenters. The van der Waals surface area contributed by atoms with Crippen molar-refractivity contribution in [3.8, 4) is 11.1 Å². The van der Waals surface area contributed by atoms with Crippen LogP contribution >= 0.6 is 0 Å². The summed E-state index contributed by atoms with van der Waals surface area (Å²) in [4.78, 5) is 8.16. The largest absolute Gasteiger partial charge is 0.387 e. The minimum absolute atomic E-state index is 0.223. The minimum atomic E-state index is 0.223. The number of ether oxygens (including phenoxy) is 1. The van der Waals surface area contributed by atoms with Crippen molar-refractivity contribution in [2.75, 3.05) is 0 Å². The number of amidine groups is 1. The number of aliphatic imine (C=N–C) groups is 1. The Morgan fingerprint density at radius 2 is 2.07 bits per heavy atom. The normalized spacial score (nSPS) is 12.4. The molecule has 0 aliphatic heterocycles. The molecule has 0 radical (unpaired) electrons. The summed E-state index contributed by atoms with van der Waals surface area (Å²) in [5.74, 6) is 1.13. The van der Waals surface area contributed by atoms with Crippen LogP contribution in [0.25, 0.3) is 11.1 Å². The van der Waals surface area contributed by atoms with Crippen molar-refractivity contribution in [2.45, 2.75) is 46.8 Å². The number of hydrogen-bond acceptors (Lipinski definition) is 4. The van der Waals surface area contributed by atoms with Gasteiger partial charge in [0.25, 0.3) is 0 Å². The molecule has 0 fully saturated rings. The van der Waals surface area contributed by atoms with Crippen molar-refractivity contribution in [1.29, 1.82) is 0 Å². The van der Waals surface area contributed by atoms with Crippen molar-refractivity contribution >= 4 is 11.7 Å². The number of aromatic nitrogens is 3. The van der Waals surface area contributed by atoms with Crippen molar-refractivity contribution in [2.24, 2.45) is 10.7 Å². The van der Waals surface area contributed by atoms with Crippen LogP contribution in [0.5, 0.6) is 0 Å². The molecule has 0 saturated heterocycles. The first-order valence-corrected chi connectivity index (χ1v) is 9.42. The maximum Gasteiger partial charge on any atom is 0.154 e. The van der Waals surface area contributed by atoms with Gasteiger partial charge >= 0.3 is 0 Å². The molecule has 4 rings (SSSR count). The Morgan fingerprint density at radius 3 is 2.71 bits per heavy atom. The monoisotopic (exact) mass is 377 g/mol. The molecule has 2 heterocycles. The lowest BCUT2D eigenvalue weighted by molar-refractivity contribution is 0.0657. The maximum absolute atomic E-state index is 5.48. The fourth-order valence-corrected chi connectivity index (χ4v) is 2.76. The first kappa shape index (κ1) is 19.8. The third-order valence-electron chi connectivity index (χ3n) is 4.29. The topological polar surface area (TPSA) is 89.2 Å². The summed E-state index contributed by atoms with van der Waals surface area (Å²) in [7, 11) is 0. The van der Waals surface area contributed by atoms with E-state index in [-0.39, 0.29) is 6.10 Å². The van der Waals surface area contributed by atoms with E-state index >= 15 is 0 Å². The Kier molecular flexibility index (Phi) is 6.21. The number of H-pyrrole nitrogens is 1. The van der Waals surface area contributed by atoms with E-state index in [0.717, 1.165) is 11.3 Å². The summed E-state index contributed by atoms with van der Waals surface area (Å²) in [6, 6.07) is 10.4. The minimum Gasteiger partial charge on any atom is -0.387 e. The number of nitrogens with zero attached hydrogens (tertiary/aromatic N) is 3. The zero-order valence-corrected chi connectivity index (χ0v) is 16.9. The Morgan fingerprint density at radius 1 is 1.25 bits per heavy atom. The highest BCUT2D eigenvalue weighted by Crippen LogP contribution is 2.32. The third-order valence-corrected chi connectivity index (χ3v) is 4.29. The van der Waals surface area contributed by atoms with E-state index in [1.807, 2.05) is 39.1 Å². The quantitative estimate of drug-likeness (QED) is 0.401. The summed E-state index contributed by atoms with van der Waals surface area (Å²) >= 11 is 0. The van der Waals surface area contributed by atoms with Crippen molar-refractivity contribution in [3.63, 3.8) is 0 Å². The molecule has 0 spiro atoms. The van der Waals surface area contributed by atoms with Gasteiger partial charge in [-0.2, -0.15) is 5.10 Å². The first-order valence-electron chi connectivity index (χ1n) is 9.42. The van der Waals surface area contributed by atoms with Crippen LogP contribution in [-0.4, -0.2) is 27.1 Å². The average Bonchev–Trinajstić information content (AvgIpc) is 3.31. The van der Waals surface area contributed by atoms with Gasteiger partial charge in [-0.05, 0) is 68.5 Å². The standard InChI is InChI=1S/C11H17N3O.C11H10N2/c1-8(2)15-7-10-4-5-13-11(6-10)14-9(3)12;1-7-11(6-12-13-7)9-3-2-8-4-10(8)5-9/h4-6,8H,7H2,1-3H3,(H2,12,13,14);2-3,5-6H,4H2,1H3,(H,12,13). The Bertz CT molecular complexity index is 971. The number of pyridine rings is 1. The zero-order chi connectivity index (χ0) is 20.1. The van der Waals surface area contributed by atoms with Gasteiger partial charge in [0.2, 0.25) is 0 Å². The van der Waals surface area contributed by atoms with E-state index in [4.69, 9.17) is 10.5 Å². The predicted molar refractivity (Wildman–Crippen MR) is 113 cm³/mol. The number of nitrogens with two attached hydrogens (primary N) is 1. The van der Waals surface area contributed by atoms with Gasteiger partial charge in [0.05, 0.1) is 24.7 Å². The van der Waals surface area contributed by atoms with Gasteiger partial charge in [-0.25, -0.2) is 9.98 Å². The van der Waals surface area contributed by atoms with E-state index in [2.05, 4.69) is 38.4 Å². The van der Waals surface area contributed by atoms with Crippen molar-refractivity contribution < 1.29 is 4.74 Å². The highest BCUT2D eigenvalue weighted by atomic mass is 16.5. The summed E-state index contributed by atoms with van der Waals surface area (Å²) in [5, 5.41) is 6.97. The molecule has 146 valence electrons. The summed E-state index contributed by atoms with van der Waals surface area (Å²) in [6.45, 7) is 8.37. The van der Waals surface area contributed by atoms with Crippen LogP contribution in [0.4, 0.5) is 5.82 Å². The fraction of sp³-hybridized carbons (Fsp3) is 0.318. The molecule has 0 bridgehead atoms. The van der Waals surface area contributed by atoms with Crippen molar-refractivity contribution in [3.05, 3.63) is 65.1 Å². The Hall–Kier alpha value is -2.99. The highest BCUT2D eigenvalue weighted by molar-refractivity contribution is 5.79. The SMILES string of the molecule is CC(N)=Nc1cc(COC(C)C)ccn1.Cc1[nH]ncc1-c1ccc2c(c1)C2. The lowest BCUT2D eigenvalue weighted by Gasteiger charge is -2.07. The number of aromatic amines is 1. The predicted octanol–water partition coefficient (Wildman–Crippen LogP) is 4.30. The molecule has 3 aromatic rings. The van der Waals surface area contributed by atoms with Crippen LogP contribution in [0.15, 0.2) is 47.7 Å². The molecular weight excluding hydrogens is 350 g/mol. The van der Waals surface area contributed by atoms with Crippen LogP contribution in [0.1, 0.15) is 43.2 Å². The molecule has 2 aromatic heterocycles. The number of fused-ring (bicyclic) bond motifs is 1. The van der Waals surface area contributed by atoms with Crippen LogP contribution in [-0.2, 0) is 17.8 Å².